The van der Waals surface area contributed by atoms with Crippen molar-refractivity contribution < 1.29 is 5.11 Å². The van der Waals surface area contributed by atoms with Gasteiger partial charge in [-0.25, -0.2) is 0 Å². The summed E-state index contributed by atoms with van der Waals surface area (Å²) in [6, 6.07) is 3.58. The van der Waals surface area contributed by atoms with Crippen LogP contribution < -0.4 is 0 Å². The summed E-state index contributed by atoms with van der Waals surface area (Å²) < 4.78 is 0.876. The monoisotopic (exact) mass is 283 g/mol. The van der Waals surface area contributed by atoms with E-state index in [-0.39, 0.29) is 0 Å². The summed E-state index contributed by atoms with van der Waals surface area (Å²) in [5.74, 6) is 0.500. The lowest BCUT2D eigenvalue weighted by Gasteiger charge is -2.06. The van der Waals surface area contributed by atoms with Gasteiger partial charge in [-0.1, -0.05) is 0 Å². The third-order valence-corrected chi connectivity index (χ3v) is 2.49. The van der Waals surface area contributed by atoms with Gasteiger partial charge >= 0.3 is 0 Å². The van der Waals surface area contributed by atoms with Gasteiger partial charge in [-0.3, -0.25) is 4.98 Å². The van der Waals surface area contributed by atoms with Gasteiger partial charge in [-0.15, -0.1) is 10.2 Å². The Balaban J connectivity index is 2.08. The molecule has 0 aromatic carbocycles. The largest absolute Gasteiger partial charge is 0.386 e. The number of hydrogen-bond donors (Lipinski definition) is 1. The van der Waals surface area contributed by atoms with Crippen LogP contribution in [0, 0.1) is 0 Å². The van der Waals surface area contributed by atoms with E-state index < -0.39 is 6.10 Å². The molecule has 0 radical (unpaired) electrons. The minimum Gasteiger partial charge on any atom is -0.386 e. The minimum absolute atomic E-state index is 0.308. The lowest BCUT2D eigenvalue weighted by molar-refractivity contribution is 0.171. The van der Waals surface area contributed by atoms with Crippen molar-refractivity contribution in [1.82, 2.24) is 25.2 Å². The van der Waals surface area contributed by atoms with Crippen molar-refractivity contribution in [3.63, 3.8) is 0 Å². The van der Waals surface area contributed by atoms with Gasteiger partial charge in [0.05, 0.1) is 12.7 Å². The summed E-state index contributed by atoms with van der Waals surface area (Å²) in [5.41, 5.74) is 0.593. The van der Waals surface area contributed by atoms with Crippen molar-refractivity contribution in [2.24, 2.45) is 7.05 Å². The first kappa shape index (κ1) is 11.2. The van der Waals surface area contributed by atoms with Crippen molar-refractivity contribution >= 4 is 15.9 Å². The molecule has 1 N–H and O–H groups in total. The van der Waals surface area contributed by atoms with Gasteiger partial charge in [0.25, 0.3) is 0 Å². The molecule has 2 aromatic rings. The quantitative estimate of drug-likeness (QED) is 0.895. The van der Waals surface area contributed by atoms with E-state index in [1.54, 1.807) is 19.3 Å². The van der Waals surface area contributed by atoms with Gasteiger partial charge in [0.1, 0.15) is 6.10 Å². The summed E-state index contributed by atoms with van der Waals surface area (Å²) >= 11 is 3.28. The number of nitrogens with zero attached hydrogens (tertiary/aromatic N) is 5. The highest BCUT2D eigenvalue weighted by molar-refractivity contribution is 9.10. The normalized spacial score (nSPS) is 12.7. The highest BCUT2D eigenvalue weighted by Crippen LogP contribution is 2.16. The van der Waals surface area contributed by atoms with Crippen LogP contribution in [-0.4, -0.2) is 30.3 Å². The van der Waals surface area contributed by atoms with Gasteiger partial charge < -0.3 is 5.11 Å². The molecular weight excluding hydrogens is 274 g/mol. The first-order valence-electron chi connectivity index (χ1n) is 4.67. The number of pyridine rings is 1. The van der Waals surface area contributed by atoms with Crippen LogP contribution in [0.1, 0.15) is 17.6 Å². The average Bonchev–Trinajstić information content (AvgIpc) is 2.65. The van der Waals surface area contributed by atoms with Crippen molar-refractivity contribution in [1.29, 1.82) is 0 Å². The number of aryl methyl sites for hydroxylation is 1. The Kier molecular flexibility index (Phi) is 3.25. The SMILES string of the molecule is Cn1nnc(CC(O)c2ccc(Br)cn2)n1. The molecule has 1 atom stereocenters. The molecule has 1 unspecified atom stereocenters. The number of hydrogen-bond acceptors (Lipinski definition) is 5. The van der Waals surface area contributed by atoms with Gasteiger partial charge in [-0.2, -0.15) is 4.80 Å². The predicted molar refractivity (Wildman–Crippen MR) is 59.4 cm³/mol. The Morgan fingerprint density at radius 1 is 1.50 bits per heavy atom. The molecule has 84 valence electrons. The van der Waals surface area contributed by atoms with Crippen molar-refractivity contribution in [2.45, 2.75) is 12.5 Å². The van der Waals surface area contributed by atoms with Crippen molar-refractivity contribution in [2.75, 3.05) is 0 Å². The van der Waals surface area contributed by atoms with Crippen LogP contribution >= 0.6 is 15.9 Å². The Bertz CT molecular complexity index is 469. The molecule has 0 aliphatic rings. The maximum atomic E-state index is 9.88. The number of aromatic nitrogens is 5. The van der Waals surface area contributed by atoms with Crippen LogP contribution in [0.2, 0.25) is 0 Å². The summed E-state index contributed by atoms with van der Waals surface area (Å²) in [6.45, 7) is 0. The van der Waals surface area contributed by atoms with Crippen LogP contribution in [0.3, 0.4) is 0 Å². The molecule has 2 heterocycles. The molecule has 0 bridgehead atoms. The fourth-order valence-corrected chi connectivity index (χ4v) is 1.50. The van der Waals surface area contributed by atoms with E-state index >= 15 is 0 Å². The molecule has 2 rings (SSSR count). The van der Waals surface area contributed by atoms with Gasteiger partial charge in [-0.05, 0) is 33.3 Å². The second-order valence-corrected chi connectivity index (χ2v) is 4.23. The Morgan fingerprint density at radius 3 is 2.88 bits per heavy atom. The zero-order chi connectivity index (χ0) is 11.5. The molecule has 0 aliphatic heterocycles. The molecule has 2 aromatic heterocycles. The molecule has 0 fully saturated rings. The molecule has 6 nitrogen and oxygen atoms in total. The summed E-state index contributed by atoms with van der Waals surface area (Å²) in [5, 5.41) is 21.4. The highest BCUT2D eigenvalue weighted by atomic mass is 79.9. The Morgan fingerprint density at radius 2 is 2.31 bits per heavy atom. The van der Waals surface area contributed by atoms with Gasteiger partial charge in [0.15, 0.2) is 5.82 Å². The second-order valence-electron chi connectivity index (χ2n) is 3.32. The Labute approximate surface area is 100 Å². The maximum Gasteiger partial charge on any atom is 0.177 e. The minimum atomic E-state index is -0.711. The third kappa shape index (κ3) is 2.61. The predicted octanol–water partition coefficient (Wildman–Crippen LogP) is 0.644. The van der Waals surface area contributed by atoms with Crippen LogP contribution in [0.25, 0.3) is 0 Å². The standard InChI is InChI=1S/C9H10BrN5O/c1-15-13-9(12-14-15)4-8(16)7-3-2-6(10)5-11-7/h2-3,5,8,16H,4H2,1H3. The average molecular weight is 284 g/mol. The van der Waals surface area contributed by atoms with Crippen LogP contribution in [-0.2, 0) is 13.5 Å². The van der Waals surface area contributed by atoms with Gasteiger partial charge in [0, 0.05) is 17.1 Å². The fraction of sp³-hybridized carbons (Fsp3) is 0.333. The summed E-state index contributed by atoms with van der Waals surface area (Å²) in [6.07, 6.45) is 1.24. The van der Waals surface area contributed by atoms with Crippen LogP contribution in [0.15, 0.2) is 22.8 Å². The number of rotatable bonds is 3. The van der Waals surface area contributed by atoms with Crippen LogP contribution in [0.4, 0.5) is 0 Å². The molecule has 0 saturated heterocycles. The summed E-state index contributed by atoms with van der Waals surface area (Å²) in [7, 11) is 1.68. The Hall–Kier alpha value is -1.34. The van der Waals surface area contributed by atoms with Crippen LogP contribution in [0.5, 0.6) is 0 Å². The van der Waals surface area contributed by atoms with E-state index in [9.17, 15) is 5.11 Å². The van der Waals surface area contributed by atoms with Crippen molar-refractivity contribution in [3.05, 3.63) is 34.3 Å². The first-order valence-corrected chi connectivity index (χ1v) is 5.47. The lowest BCUT2D eigenvalue weighted by Crippen LogP contribution is -2.05. The highest BCUT2D eigenvalue weighted by Gasteiger charge is 2.13. The first-order chi connectivity index (χ1) is 7.65. The zero-order valence-electron chi connectivity index (χ0n) is 8.58. The third-order valence-electron chi connectivity index (χ3n) is 2.02. The number of tetrazole rings is 1. The van der Waals surface area contributed by atoms with Crippen molar-refractivity contribution in [3.8, 4) is 0 Å². The van der Waals surface area contributed by atoms with E-state index in [0.29, 0.717) is 17.9 Å². The van der Waals surface area contributed by atoms with E-state index in [4.69, 9.17) is 0 Å². The van der Waals surface area contributed by atoms with E-state index in [1.165, 1.54) is 4.80 Å². The molecular formula is C9H10BrN5O. The molecule has 0 spiro atoms. The zero-order valence-corrected chi connectivity index (χ0v) is 10.2. The molecule has 0 saturated carbocycles. The van der Waals surface area contributed by atoms with E-state index in [2.05, 4.69) is 36.3 Å². The number of aliphatic hydroxyl groups is 1. The fourth-order valence-electron chi connectivity index (χ4n) is 1.27. The van der Waals surface area contributed by atoms with E-state index in [1.807, 2.05) is 6.07 Å². The molecule has 0 amide bonds. The molecule has 7 heteroatoms. The topological polar surface area (TPSA) is 76.7 Å². The molecule has 16 heavy (non-hydrogen) atoms. The summed E-state index contributed by atoms with van der Waals surface area (Å²) in [4.78, 5) is 5.46. The second kappa shape index (κ2) is 4.67. The number of halogens is 1. The van der Waals surface area contributed by atoms with E-state index in [0.717, 1.165) is 4.47 Å². The number of aliphatic hydroxyl groups excluding tert-OH is 1. The smallest absolute Gasteiger partial charge is 0.177 e. The van der Waals surface area contributed by atoms with Gasteiger partial charge in [0.2, 0.25) is 0 Å². The molecule has 0 aliphatic carbocycles. The lowest BCUT2D eigenvalue weighted by atomic mass is 10.1. The maximum absolute atomic E-state index is 9.88.